The summed E-state index contributed by atoms with van der Waals surface area (Å²) in [6.45, 7) is 0.383. The molecule has 3 unspecified atom stereocenters. The number of guanidine groups is 2. The summed E-state index contributed by atoms with van der Waals surface area (Å²) in [5.74, 6) is -4.72. The lowest BCUT2D eigenvalue weighted by molar-refractivity contribution is -0.143. The molecule has 0 aromatic carbocycles. The number of carboxylic acid groups (broad SMARTS) is 2. The Kier molecular flexibility index (Phi) is 12.7. The van der Waals surface area contributed by atoms with Gasteiger partial charge in [-0.1, -0.05) is 0 Å². The Morgan fingerprint density at radius 3 is 1.71 bits per heavy atom. The monoisotopic (exact) mass is 445 g/mol. The minimum Gasteiger partial charge on any atom is -0.481 e. The van der Waals surface area contributed by atoms with Crippen LogP contribution in [-0.4, -0.2) is 77.1 Å². The van der Waals surface area contributed by atoms with Gasteiger partial charge in [-0.05, 0) is 25.7 Å². The van der Waals surface area contributed by atoms with Crippen molar-refractivity contribution < 1.29 is 29.4 Å². The number of nitrogens with zero attached hydrogens (tertiary/aromatic N) is 2. The van der Waals surface area contributed by atoms with Crippen LogP contribution in [0.25, 0.3) is 0 Å². The Balaban J connectivity index is 4.94. The topological polar surface area (TPSA) is 288 Å². The average Bonchev–Trinajstić information content (AvgIpc) is 2.65. The van der Waals surface area contributed by atoms with Gasteiger partial charge in [-0.25, -0.2) is 4.79 Å². The third-order valence-corrected chi connectivity index (χ3v) is 3.88. The fourth-order valence-corrected chi connectivity index (χ4v) is 2.35. The van der Waals surface area contributed by atoms with E-state index >= 15 is 0 Å². The van der Waals surface area contributed by atoms with Gasteiger partial charge in [0.25, 0.3) is 0 Å². The summed E-state index contributed by atoms with van der Waals surface area (Å²) < 4.78 is 0. The van der Waals surface area contributed by atoms with Crippen LogP contribution in [-0.2, 0) is 19.2 Å². The van der Waals surface area contributed by atoms with Crippen LogP contribution in [0.2, 0.25) is 0 Å². The van der Waals surface area contributed by atoms with Gasteiger partial charge in [-0.15, -0.1) is 0 Å². The smallest absolute Gasteiger partial charge is 0.326 e. The van der Waals surface area contributed by atoms with Gasteiger partial charge in [0.15, 0.2) is 11.9 Å². The van der Waals surface area contributed by atoms with Gasteiger partial charge >= 0.3 is 11.9 Å². The van der Waals surface area contributed by atoms with Crippen LogP contribution >= 0.6 is 0 Å². The molecule has 176 valence electrons. The number of nitrogens with one attached hydrogen (secondary N) is 2. The SMILES string of the molecule is NC(N)=NCCCC(N)C(=O)NC(CC(=O)O)C(=O)NC(CCCN=C(N)N)C(=O)O. The third kappa shape index (κ3) is 13.3. The summed E-state index contributed by atoms with van der Waals surface area (Å²) in [6, 6.07) is -3.90. The standard InChI is InChI=1S/C16H31N9O6/c17-8(3-1-5-22-15(18)19)12(28)25-10(7-11(26)27)13(29)24-9(14(30)31)4-2-6-23-16(20)21/h8-10H,1-7,17H2,(H,24,29)(H,25,28)(H,26,27)(H,30,31)(H4,18,19,22)(H4,20,21,23). The fourth-order valence-electron chi connectivity index (χ4n) is 2.35. The van der Waals surface area contributed by atoms with Crippen LogP contribution in [0.5, 0.6) is 0 Å². The molecule has 0 aromatic rings. The van der Waals surface area contributed by atoms with E-state index in [1.165, 1.54) is 0 Å². The van der Waals surface area contributed by atoms with Gasteiger partial charge in [-0.2, -0.15) is 0 Å². The zero-order valence-electron chi connectivity index (χ0n) is 17.0. The zero-order valence-corrected chi connectivity index (χ0v) is 17.0. The maximum absolute atomic E-state index is 12.4. The molecule has 0 fully saturated rings. The predicted octanol–water partition coefficient (Wildman–Crippen LogP) is -4.05. The first-order chi connectivity index (χ1) is 14.4. The van der Waals surface area contributed by atoms with E-state index < -0.39 is 48.3 Å². The number of hydrogen-bond acceptors (Lipinski definition) is 7. The number of nitrogens with two attached hydrogens (primary N) is 5. The first kappa shape index (κ1) is 27.4. The molecule has 0 heterocycles. The van der Waals surface area contributed by atoms with E-state index in [4.69, 9.17) is 33.8 Å². The molecule has 0 saturated carbocycles. The van der Waals surface area contributed by atoms with Crippen LogP contribution < -0.4 is 39.3 Å². The normalized spacial score (nSPS) is 13.2. The average molecular weight is 445 g/mol. The third-order valence-electron chi connectivity index (χ3n) is 3.88. The molecule has 0 aromatic heterocycles. The number of carbonyl (C=O) groups is 4. The van der Waals surface area contributed by atoms with E-state index in [0.29, 0.717) is 6.42 Å². The van der Waals surface area contributed by atoms with Gasteiger partial charge in [0.1, 0.15) is 12.1 Å². The number of hydrogen-bond donors (Lipinski definition) is 9. The lowest BCUT2D eigenvalue weighted by Gasteiger charge is -2.21. The molecule has 0 radical (unpaired) electrons. The highest BCUT2D eigenvalue weighted by molar-refractivity contribution is 5.93. The number of aliphatic imine (C=N–C) groups is 2. The second-order valence-corrected chi connectivity index (χ2v) is 6.56. The molecule has 31 heavy (non-hydrogen) atoms. The van der Waals surface area contributed by atoms with Crippen LogP contribution in [0.4, 0.5) is 0 Å². The second kappa shape index (κ2) is 14.4. The van der Waals surface area contributed by atoms with Gasteiger partial charge in [0.2, 0.25) is 11.8 Å². The molecule has 0 aliphatic rings. The second-order valence-electron chi connectivity index (χ2n) is 6.56. The van der Waals surface area contributed by atoms with Crippen LogP contribution in [0.15, 0.2) is 9.98 Å². The van der Waals surface area contributed by atoms with Crippen molar-refractivity contribution in [2.45, 2.75) is 50.2 Å². The Morgan fingerprint density at radius 2 is 1.26 bits per heavy atom. The first-order valence-electron chi connectivity index (χ1n) is 9.35. The summed E-state index contributed by atoms with van der Waals surface area (Å²) in [4.78, 5) is 54.5. The molecule has 3 atom stereocenters. The molecule has 2 amide bonds. The van der Waals surface area contributed by atoms with Crippen molar-refractivity contribution >= 4 is 35.7 Å². The maximum atomic E-state index is 12.4. The van der Waals surface area contributed by atoms with Crippen LogP contribution in [0, 0.1) is 0 Å². The number of amides is 2. The first-order valence-corrected chi connectivity index (χ1v) is 9.35. The Hall–Kier alpha value is -3.62. The van der Waals surface area contributed by atoms with Crippen molar-refractivity contribution in [3.8, 4) is 0 Å². The highest BCUT2D eigenvalue weighted by atomic mass is 16.4. The van der Waals surface area contributed by atoms with E-state index in [1.807, 2.05) is 0 Å². The molecule has 0 rings (SSSR count). The molecule has 0 spiro atoms. The number of carboxylic acids is 2. The maximum Gasteiger partial charge on any atom is 0.326 e. The number of carbonyl (C=O) groups excluding carboxylic acids is 2. The highest BCUT2D eigenvalue weighted by Gasteiger charge is 2.29. The quantitative estimate of drug-likeness (QED) is 0.0663. The molecule has 15 heteroatoms. The van der Waals surface area contributed by atoms with Gasteiger partial charge in [0.05, 0.1) is 12.5 Å². The van der Waals surface area contributed by atoms with Crippen molar-refractivity contribution in [1.29, 1.82) is 0 Å². The van der Waals surface area contributed by atoms with E-state index in [0.717, 1.165) is 0 Å². The van der Waals surface area contributed by atoms with E-state index in [9.17, 15) is 24.3 Å². The van der Waals surface area contributed by atoms with E-state index in [1.54, 1.807) is 0 Å². The predicted molar refractivity (Wildman–Crippen MR) is 112 cm³/mol. The molecule has 0 saturated heterocycles. The van der Waals surface area contributed by atoms with E-state index in [2.05, 4.69) is 20.6 Å². The highest BCUT2D eigenvalue weighted by Crippen LogP contribution is 2.03. The fraction of sp³-hybridized carbons (Fsp3) is 0.625. The molecular weight excluding hydrogens is 414 g/mol. The van der Waals surface area contributed by atoms with Gasteiger partial charge in [-0.3, -0.25) is 24.4 Å². The summed E-state index contributed by atoms with van der Waals surface area (Å²) in [5, 5.41) is 22.7. The van der Waals surface area contributed by atoms with Crippen LogP contribution in [0.3, 0.4) is 0 Å². The minimum absolute atomic E-state index is 0.0180. The van der Waals surface area contributed by atoms with Gasteiger partial charge < -0.3 is 49.5 Å². The lowest BCUT2D eigenvalue weighted by Crippen LogP contribution is -2.55. The summed E-state index contributed by atoms with van der Waals surface area (Å²) in [7, 11) is 0. The number of aliphatic carboxylic acids is 2. The minimum atomic E-state index is -1.52. The molecule has 15 nitrogen and oxygen atoms in total. The van der Waals surface area contributed by atoms with Crippen molar-refractivity contribution in [3.63, 3.8) is 0 Å². The molecule has 0 bridgehead atoms. The summed E-state index contributed by atoms with van der Waals surface area (Å²) in [6.07, 6.45) is 0.00599. The zero-order chi connectivity index (χ0) is 24.0. The Bertz CT molecular complexity index is 689. The van der Waals surface area contributed by atoms with Crippen molar-refractivity contribution in [2.24, 2.45) is 38.7 Å². The van der Waals surface area contributed by atoms with Crippen LogP contribution in [0.1, 0.15) is 32.1 Å². The van der Waals surface area contributed by atoms with E-state index in [-0.39, 0.29) is 44.3 Å². The van der Waals surface area contributed by atoms with Crippen molar-refractivity contribution in [3.05, 3.63) is 0 Å². The molecule has 14 N–H and O–H groups in total. The molecule has 0 aliphatic carbocycles. The Morgan fingerprint density at radius 1 is 0.774 bits per heavy atom. The molecule has 0 aliphatic heterocycles. The Labute approximate surface area is 178 Å². The van der Waals surface area contributed by atoms with Crippen molar-refractivity contribution in [1.82, 2.24) is 10.6 Å². The van der Waals surface area contributed by atoms with Crippen molar-refractivity contribution in [2.75, 3.05) is 13.1 Å². The lowest BCUT2D eigenvalue weighted by atomic mass is 10.1. The number of rotatable bonds is 15. The largest absolute Gasteiger partial charge is 0.481 e. The molecular formula is C16H31N9O6. The summed E-state index contributed by atoms with van der Waals surface area (Å²) >= 11 is 0. The van der Waals surface area contributed by atoms with Gasteiger partial charge in [0, 0.05) is 13.1 Å². The summed E-state index contributed by atoms with van der Waals surface area (Å²) in [5.41, 5.74) is 26.5.